The Balaban J connectivity index is 2.19. The maximum Gasteiger partial charge on any atom is 0.147 e. The Hall–Kier alpha value is -1.87. The predicted octanol–water partition coefficient (Wildman–Crippen LogP) is 3.93. The molecule has 104 valence electrons. The number of halogens is 1. The molecule has 2 aromatic carbocycles. The number of hydrogen-bond acceptors (Lipinski definition) is 2. The van der Waals surface area contributed by atoms with Crippen LogP contribution in [0.15, 0.2) is 42.5 Å². The third kappa shape index (κ3) is 1.98. The fourth-order valence-electron chi connectivity index (χ4n) is 3.06. The van der Waals surface area contributed by atoms with Crippen molar-refractivity contribution in [2.45, 2.75) is 32.4 Å². The Morgan fingerprint density at radius 3 is 2.70 bits per heavy atom. The third-order valence-corrected chi connectivity index (χ3v) is 3.96. The minimum Gasteiger partial charge on any atom is -0.335 e. The summed E-state index contributed by atoms with van der Waals surface area (Å²) in [5, 5.41) is 0. The lowest BCUT2D eigenvalue weighted by Gasteiger charge is -2.29. The zero-order valence-corrected chi connectivity index (χ0v) is 11.8. The highest BCUT2D eigenvalue weighted by atomic mass is 19.1. The van der Waals surface area contributed by atoms with Crippen LogP contribution >= 0.6 is 0 Å². The molecular weight excluding hydrogens is 251 g/mol. The second-order valence-corrected chi connectivity index (χ2v) is 5.52. The van der Waals surface area contributed by atoms with Crippen molar-refractivity contribution in [3.8, 4) is 0 Å². The van der Waals surface area contributed by atoms with Gasteiger partial charge >= 0.3 is 0 Å². The average molecular weight is 270 g/mol. The molecule has 1 heterocycles. The first-order valence-corrected chi connectivity index (χ1v) is 7.00. The summed E-state index contributed by atoms with van der Waals surface area (Å²) in [5.74, 6) is -0.205. The van der Waals surface area contributed by atoms with E-state index >= 15 is 0 Å². The monoisotopic (exact) mass is 270 g/mol. The van der Waals surface area contributed by atoms with Crippen LogP contribution in [0.2, 0.25) is 0 Å². The van der Waals surface area contributed by atoms with E-state index in [4.69, 9.17) is 5.73 Å². The van der Waals surface area contributed by atoms with Crippen molar-refractivity contribution in [3.63, 3.8) is 0 Å². The molecule has 20 heavy (non-hydrogen) atoms. The largest absolute Gasteiger partial charge is 0.335 e. The number of anilines is 2. The molecule has 2 atom stereocenters. The van der Waals surface area contributed by atoms with Gasteiger partial charge in [-0.1, -0.05) is 30.3 Å². The lowest BCUT2D eigenvalue weighted by atomic mass is 10.0. The van der Waals surface area contributed by atoms with E-state index < -0.39 is 0 Å². The molecule has 0 aromatic heterocycles. The molecule has 0 aliphatic carbocycles. The van der Waals surface area contributed by atoms with Gasteiger partial charge in [0, 0.05) is 17.8 Å². The molecule has 0 saturated heterocycles. The lowest BCUT2D eigenvalue weighted by Crippen LogP contribution is -2.27. The SMILES string of the molecule is CC1Cc2ccccc2N1c1c(F)cccc1[C@H](C)N. The normalized spacial score (nSPS) is 19.0. The van der Waals surface area contributed by atoms with Crippen molar-refractivity contribution < 1.29 is 4.39 Å². The van der Waals surface area contributed by atoms with Gasteiger partial charge in [-0.2, -0.15) is 0 Å². The van der Waals surface area contributed by atoms with Crippen LogP contribution in [0.25, 0.3) is 0 Å². The van der Waals surface area contributed by atoms with Crippen molar-refractivity contribution in [1.29, 1.82) is 0 Å². The van der Waals surface area contributed by atoms with Gasteiger partial charge in [-0.3, -0.25) is 0 Å². The quantitative estimate of drug-likeness (QED) is 0.896. The average Bonchev–Trinajstić information content (AvgIpc) is 2.74. The van der Waals surface area contributed by atoms with Gasteiger partial charge in [-0.05, 0) is 43.5 Å². The maximum atomic E-state index is 14.4. The summed E-state index contributed by atoms with van der Waals surface area (Å²) >= 11 is 0. The molecule has 3 heteroatoms. The van der Waals surface area contributed by atoms with Crippen LogP contribution in [0.5, 0.6) is 0 Å². The summed E-state index contributed by atoms with van der Waals surface area (Å²) in [5.41, 5.74) is 9.86. The van der Waals surface area contributed by atoms with Crippen LogP contribution in [-0.2, 0) is 6.42 Å². The number of rotatable bonds is 2. The Kier molecular flexibility index (Phi) is 3.22. The summed E-state index contributed by atoms with van der Waals surface area (Å²) in [6.45, 7) is 4.02. The van der Waals surface area contributed by atoms with Crippen molar-refractivity contribution in [1.82, 2.24) is 0 Å². The Morgan fingerprint density at radius 1 is 1.20 bits per heavy atom. The molecule has 2 nitrogen and oxygen atoms in total. The zero-order valence-electron chi connectivity index (χ0n) is 11.8. The molecule has 1 unspecified atom stereocenters. The summed E-state index contributed by atoms with van der Waals surface area (Å²) in [6, 6.07) is 13.4. The summed E-state index contributed by atoms with van der Waals surface area (Å²) in [6.07, 6.45) is 0.933. The molecule has 1 aliphatic heterocycles. The maximum absolute atomic E-state index is 14.4. The second kappa shape index (κ2) is 4.91. The standard InChI is InChI=1S/C17H19FN2/c1-11-10-13-6-3-4-9-16(13)20(11)17-14(12(2)19)7-5-8-15(17)18/h3-9,11-12H,10,19H2,1-2H3/t11?,12-/m0/s1. The molecule has 2 N–H and O–H groups in total. The minimum absolute atomic E-state index is 0.194. The van der Waals surface area contributed by atoms with Gasteiger partial charge in [-0.15, -0.1) is 0 Å². The van der Waals surface area contributed by atoms with Crippen molar-refractivity contribution >= 4 is 11.4 Å². The summed E-state index contributed by atoms with van der Waals surface area (Å²) in [7, 11) is 0. The van der Waals surface area contributed by atoms with Crippen LogP contribution in [0.1, 0.15) is 31.0 Å². The van der Waals surface area contributed by atoms with Gasteiger partial charge < -0.3 is 10.6 Å². The number of nitrogens with two attached hydrogens (primary N) is 1. The number of nitrogens with zero attached hydrogens (tertiary/aromatic N) is 1. The molecule has 0 spiro atoms. The molecule has 0 saturated carbocycles. The molecule has 0 fully saturated rings. The van der Waals surface area contributed by atoms with E-state index in [1.54, 1.807) is 6.07 Å². The first-order chi connectivity index (χ1) is 9.59. The molecular formula is C17H19FN2. The molecule has 0 bridgehead atoms. The van der Waals surface area contributed by atoms with Gasteiger partial charge in [0.1, 0.15) is 5.82 Å². The number of benzene rings is 2. The lowest BCUT2D eigenvalue weighted by molar-refractivity contribution is 0.611. The fourth-order valence-corrected chi connectivity index (χ4v) is 3.06. The van der Waals surface area contributed by atoms with Gasteiger partial charge in [0.15, 0.2) is 0 Å². The van der Waals surface area contributed by atoms with E-state index in [0.29, 0.717) is 5.69 Å². The Labute approximate surface area is 119 Å². The van der Waals surface area contributed by atoms with Crippen LogP contribution < -0.4 is 10.6 Å². The molecule has 0 radical (unpaired) electrons. The first-order valence-electron chi connectivity index (χ1n) is 7.00. The zero-order chi connectivity index (χ0) is 14.3. The van der Waals surface area contributed by atoms with Crippen LogP contribution in [-0.4, -0.2) is 6.04 Å². The van der Waals surface area contributed by atoms with Crippen molar-refractivity contribution in [3.05, 3.63) is 59.4 Å². The van der Waals surface area contributed by atoms with Crippen molar-refractivity contribution in [2.24, 2.45) is 5.73 Å². The van der Waals surface area contributed by atoms with Gasteiger partial charge in [0.2, 0.25) is 0 Å². The van der Waals surface area contributed by atoms with Gasteiger partial charge in [-0.25, -0.2) is 4.39 Å². The number of para-hydroxylation sites is 2. The van der Waals surface area contributed by atoms with Gasteiger partial charge in [0.05, 0.1) is 5.69 Å². The third-order valence-electron chi connectivity index (χ3n) is 3.96. The van der Waals surface area contributed by atoms with Crippen molar-refractivity contribution in [2.75, 3.05) is 4.90 Å². The van der Waals surface area contributed by atoms with E-state index in [1.165, 1.54) is 11.6 Å². The summed E-state index contributed by atoms with van der Waals surface area (Å²) < 4.78 is 14.4. The minimum atomic E-state index is -0.205. The molecule has 2 aromatic rings. The topological polar surface area (TPSA) is 29.3 Å². The molecule has 1 aliphatic rings. The van der Waals surface area contributed by atoms with E-state index in [2.05, 4.69) is 24.0 Å². The van der Waals surface area contributed by atoms with Crippen LogP contribution in [0.3, 0.4) is 0 Å². The molecule has 3 rings (SSSR count). The highest BCUT2D eigenvalue weighted by Crippen LogP contribution is 2.41. The van der Waals surface area contributed by atoms with Crippen LogP contribution in [0.4, 0.5) is 15.8 Å². The number of hydrogen-bond donors (Lipinski definition) is 1. The smallest absolute Gasteiger partial charge is 0.147 e. The first kappa shape index (κ1) is 13.1. The summed E-state index contributed by atoms with van der Waals surface area (Å²) in [4.78, 5) is 2.09. The highest BCUT2D eigenvalue weighted by Gasteiger charge is 2.30. The highest BCUT2D eigenvalue weighted by molar-refractivity contribution is 5.74. The fraction of sp³-hybridized carbons (Fsp3) is 0.294. The Bertz CT molecular complexity index is 637. The van der Waals surface area contributed by atoms with E-state index in [-0.39, 0.29) is 17.9 Å². The van der Waals surface area contributed by atoms with E-state index in [9.17, 15) is 4.39 Å². The number of fused-ring (bicyclic) bond motifs is 1. The van der Waals surface area contributed by atoms with E-state index in [1.807, 2.05) is 25.1 Å². The van der Waals surface area contributed by atoms with E-state index in [0.717, 1.165) is 17.7 Å². The molecule has 0 amide bonds. The second-order valence-electron chi connectivity index (χ2n) is 5.52. The van der Waals surface area contributed by atoms with Gasteiger partial charge in [0.25, 0.3) is 0 Å². The van der Waals surface area contributed by atoms with Crippen LogP contribution in [0, 0.1) is 5.82 Å². The predicted molar refractivity (Wildman–Crippen MR) is 80.7 cm³/mol. The Morgan fingerprint density at radius 2 is 1.95 bits per heavy atom.